The van der Waals surface area contributed by atoms with E-state index in [2.05, 4.69) is 16.9 Å². The van der Waals surface area contributed by atoms with Crippen molar-refractivity contribution in [1.82, 2.24) is 9.97 Å². The Labute approximate surface area is 72.8 Å². The van der Waals surface area contributed by atoms with Crippen molar-refractivity contribution in [3.8, 4) is 5.88 Å². The van der Waals surface area contributed by atoms with E-state index in [4.69, 9.17) is 4.74 Å². The van der Waals surface area contributed by atoms with Crippen molar-refractivity contribution in [2.75, 3.05) is 6.61 Å². The van der Waals surface area contributed by atoms with Crippen molar-refractivity contribution >= 4 is 0 Å². The Morgan fingerprint density at radius 3 is 2.92 bits per heavy atom. The minimum absolute atomic E-state index is 0.677. The lowest BCUT2D eigenvalue weighted by Gasteiger charge is -2.03. The molecule has 0 bridgehead atoms. The number of hydrogen-bond acceptors (Lipinski definition) is 3. The van der Waals surface area contributed by atoms with Gasteiger partial charge in [-0.25, -0.2) is 9.97 Å². The lowest BCUT2D eigenvalue weighted by atomic mass is 10.4. The Balaban J connectivity index is 2.41. The van der Waals surface area contributed by atoms with Crippen LogP contribution in [0.2, 0.25) is 0 Å². The Morgan fingerprint density at radius 2 is 2.25 bits per heavy atom. The zero-order chi connectivity index (χ0) is 8.81. The maximum atomic E-state index is 5.38. The quantitative estimate of drug-likeness (QED) is 0.641. The van der Waals surface area contributed by atoms with Gasteiger partial charge in [0.1, 0.15) is 6.33 Å². The highest BCUT2D eigenvalue weighted by atomic mass is 16.5. The van der Waals surface area contributed by atoms with E-state index in [0.717, 1.165) is 25.1 Å². The standard InChI is InChI=1S/C9H14N2O/c1-3-4-5-12-9-6-8(2)10-7-11-9/h6-7H,3-5H2,1-2H3. The first-order valence-electron chi connectivity index (χ1n) is 4.24. The average molecular weight is 166 g/mol. The summed E-state index contributed by atoms with van der Waals surface area (Å²) in [6.07, 6.45) is 3.74. The number of unbranched alkanes of at least 4 members (excludes halogenated alkanes) is 1. The van der Waals surface area contributed by atoms with Gasteiger partial charge in [0.25, 0.3) is 0 Å². The molecule has 0 aromatic carbocycles. The first kappa shape index (κ1) is 8.97. The summed E-state index contributed by atoms with van der Waals surface area (Å²) in [5, 5.41) is 0. The van der Waals surface area contributed by atoms with Crippen molar-refractivity contribution in [1.29, 1.82) is 0 Å². The molecule has 0 aliphatic rings. The molecule has 0 saturated carbocycles. The molecule has 0 unspecified atom stereocenters. The molecule has 0 aliphatic heterocycles. The molecule has 3 nitrogen and oxygen atoms in total. The van der Waals surface area contributed by atoms with Crippen LogP contribution in [0.1, 0.15) is 25.5 Å². The maximum Gasteiger partial charge on any atom is 0.216 e. The molecule has 0 aliphatic carbocycles. The van der Waals surface area contributed by atoms with Gasteiger partial charge in [-0.3, -0.25) is 0 Å². The Kier molecular flexibility index (Phi) is 3.51. The highest BCUT2D eigenvalue weighted by Gasteiger charge is 1.94. The Bertz CT molecular complexity index is 238. The molecule has 66 valence electrons. The molecule has 0 saturated heterocycles. The predicted molar refractivity (Wildman–Crippen MR) is 47.2 cm³/mol. The van der Waals surface area contributed by atoms with Crippen molar-refractivity contribution in [3.05, 3.63) is 18.1 Å². The van der Waals surface area contributed by atoms with E-state index < -0.39 is 0 Å². The second kappa shape index (κ2) is 4.70. The summed E-state index contributed by atoms with van der Waals surface area (Å²) in [5.41, 5.74) is 0.941. The summed E-state index contributed by atoms with van der Waals surface area (Å²) in [7, 11) is 0. The van der Waals surface area contributed by atoms with Gasteiger partial charge in [-0.05, 0) is 13.3 Å². The first-order valence-corrected chi connectivity index (χ1v) is 4.24. The molecule has 1 heterocycles. The molecule has 1 aromatic heterocycles. The highest BCUT2D eigenvalue weighted by Crippen LogP contribution is 2.05. The third-order valence-corrected chi connectivity index (χ3v) is 1.53. The van der Waals surface area contributed by atoms with Crippen LogP contribution >= 0.6 is 0 Å². The molecule has 1 rings (SSSR count). The van der Waals surface area contributed by atoms with E-state index in [9.17, 15) is 0 Å². The molecule has 0 N–H and O–H groups in total. The van der Waals surface area contributed by atoms with E-state index in [0.29, 0.717) is 5.88 Å². The van der Waals surface area contributed by atoms with Gasteiger partial charge in [-0.1, -0.05) is 13.3 Å². The van der Waals surface area contributed by atoms with E-state index >= 15 is 0 Å². The number of aromatic nitrogens is 2. The van der Waals surface area contributed by atoms with Crippen LogP contribution in [0.5, 0.6) is 5.88 Å². The van der Waals surface area contributed by atoms with Crippen molar-refractivity contribution < 1.29 is 4.74 Å². The molecule has 0 fully saturated rings. The fourth-order valence-corrected chi connectivity index (χ4v) is 0.830. The molecule has 0 radical (unpaired) electrons. The van der Waals surface area contributed by atoms with Gasteiger partial charge in [0.05, 0.1) is 6.61 Å². The van der Waals surface area contributed by atoms with Gasteiger partial charge in [-0.2, -0.15) is 0 Å². The van der Waals surface area contributed by atoms with E-state index in [1.165, 1.54) is 6.33 Å². The minimum atomic E-state index is 0.677. The normalized spacial score (nSPS) is 9.83. The molecule has 12 heavy (non-hydrogen) atoms. The molecule has 0 spiro atoms. The fraction of sp³-hybridized carbons (Fsp3) is 0.556. The summed E-state index contributed by atoms with van der Waals surface area (Å²) in [6.45, 7) is 4.80. The SMILES string of the molecule is CCCCOc1cc(C)ncn1. The van der Waals surface area contributed by atoms with Gasteiger partial charge in [0.15, 0.2) is 0 Å². The van der Waals surface area contributed by atoms with Crippen LogP contribution in [0.25, 0.3) is 0 Å². The van der Waals surface area contributed by atoms with Crippen LogP contribution in [0.15, 0.2) is 12.4 Å². The summed E-state index contributed by atoms with van der Waals surface area (Å²) in [4.78, 5) is 7.95. The highest BCUT2D eigenvalue weighted by molar-refractivity contribution is 5.11. The van der Waals surface area contributed by atoms with Gasteiger partial charge in [0, 0.05) is 11.8 Å². The molecule has 0 atom stereocenters. The summed E-state index contributed by atoms with van der Waals surface area (Å²) >= 11 is 0. The number of aryl methyl sites for hydroxylation is 1. The third kappa shape index (κ3) is 2.86. The van der Waals surface area contributed by atoms with E-state index in [1.54, 1.807) is 0 Å². The second-order valence-corrected chi connectivity index (χ2v) is 2.70. The van der Waals surface area contributed by atoms with Crippen LogP contribution < -0.4 is 4.74 Å². The van der Waals surface area contributed by atoms with Crippen LogP contribution in [-0.4, -0.2) is 16.6 Å². The lowest BCUT2D eigenvalue weighted by Crippen LogP contribution is -1.99. The van der Waals surface area contributed by atoms with Gasteiger partial charge < -0.3 is 4.74 Å². The van der Waals surface area contributed by atoms with E-state index in [-0.39, 0.29) is 0 Å². The monoisotopic (exact) mass is 166 g/mol. The van der Waals surface area contributed by atoms with E-state index in [1.807, 2.05) is 13.0 Å². The van der Waals surface area contributed by atoms with Crippen molar-refractivity contribution in [2.24, 2.45) is 0 Å². The Morgan fingerprint density at radius 1 is 1.42 bits per heavy atom. The second-order valence-electron chi connectivity index (χ2n) is 2.70. The maximum absolute atomic E-state index is 5.38. The lowest BCUT2D eigenvalue weighted by molar-refractivity contribution is 0.297. The third-order valence-electron chi connectivity index (χ3n) is 1.53. The molecule has 0 amide bonds. The number of rotatable bonds is 4. The largest absolute Gasteiger partial charge is 0.478 e. The van der Waals surface area contributed by atoms with Crippen LogP contribution in [0.3, 0.4) is 0 Å². The van der Waals surface area contributed by atoms with Crippen molar-refractivity contribution in [2.45, 2.75) is 26.7 Å². The van der Waals surface area contributed by atoms with Gasteiger partial charge >= 0.3 is 0 Å². The summed E-state index contributed by atoms with van der Waals surface area (Å²) in [5.74, 6) is 0.677. The zero-order valence-corrected chi connectivity index (χ0v) is 7.58. The number of nitrogens with zero attached hydrogens (tertiary/aromatic N) is 2. The zero-order valence-electron chi connectivity index (χ0n) is 7.58. The predicted octanol–water partition coefficient (Wildman–Crippen LogP) is 1.96. The Hall–Kier alpha value is -1.12. The summed E-state index contributed by atoms with van der Waals surface area (Å²) in [6, 6.07) is 1.84. The average Bonchev–Trinajstić information content (AvgIpc) is 2.05. The smallest absolute Gasteiger partial charge is 0.216 e. The number of hydrogen-bond donors (Lipinski definition) is 0. The summed E-state index contributed by atoms with van der Waals surface area (Å²) < 4.78 is 5.38. The van der Waals surface area contributed by atoms with Gasteiger partial charge in [-0.15, -0.1) is 0 Å². The minimum Gasteiger partial charge on any atom is -0.478 e. The van der Waals surface area contributed by atoms with Gasteiger partial charge in [0.2, 0.25) is 5.88 Å². The number of ether oxygens (including phenoxy) is 1. The molecular formula is C9H14N2O. The molecule has 1 aromatic rings. The molecular weight excluding hydrogens is 152 g/mol. The fourth-order valence-electron chi connectivity index (χ4n) is 0.830. The van der Waals surface area contributed by atoms with Crippen LogP contribution in [0, 0.1) is 6.92 Å². The van der Waals surface area contributed by atoms with Crippen LogP contribution in [0.4, 0.5) is 0 Å². The molecule has 3 heteroatoms. The topological polar surface area (TPSA) is 35.0 Å². The van der Waals surface area contributed by atoms with Crippen LogP contribution in [-0.2, 0) is 0 Å². The van der Waals surface area contributed by atoms with Crippen molar-refractivity contribution in [3.63, 3.8) is 0 Å². The first-order chi connectivity index (χ1) is 5.83.